The molecule has 2 aromatic carbocycles. The maximum Gasteiger partial charge on any atom is 0.435 e. The van der Waals surface area contributed by atoms with Gasteiger partial charge >= 0.3 is 12.4 Å². The number of alkyl halides is 8. The molecule has 1 fully saturated rings. The highest BCUT2D eigenvalue weighted by molar-refractivity contribution is 7.92. The fourth-order valence-electron chi connectivity index (χ4n) is 7.84. The molecule has 27 heteroatoms. The van der Waals surface area contributed by atoms with Gasteiger partial charge in [0.25, 0.3) is 5.92 Å². The quantitative estimate of drug-likeness (QED) is 0.0742. The van der Waals surface area contributed by atoms with Crippen molar-refractivity contribution >= 4 is 61.2 Å². The summed E-state index contributed by atoms with van der Waals surface area (Å²) < 4.78 is 195. The number of carbonyl (C=O) groups is 2. The maximum atomic E-state index is 15.5. The highest BCUT2D eigenvalue weighted by atomic mass is 35.5. The molecule has 0 radical (unpaired) electrons. The van der Waals surface area contributed by atoms with Crippen LogP contribution in [0.15, 0.2) is 42.5 Å². The molecule has 2 aliphatic carbocycles. The molecule has 0 aliphatic heterocycles. The summed E-state index contributed by atoms with van der Waals surface area (Å²) in [5.41, 5.74) is -5.58. The molecule has 0 bridgehead atoms. The number of nitrogens with zero attached hydrogens (tertiary/aromatic N) is 6. The van der Waals surface area contributed by atoms with E-state index in [9.17, 15) is 61.9 Å². The lowest BCUT2D eigenvalue weighted by Gasteiger charge is -2.24. The lowest BCUT2D eigenvalue weighted by atomic mass is 9.93. The van der Waals surface area contributed by atoms with Crippen molar-refractivity contribution in [3.05, 3.63) is 93.0 Å². The van der Waals surface area contributed by atoms with Gasteiger partial charge in [-0.05, 0) is 74.4 Å². The number of amides is 2. The number of fused-ring (bicyclic) bond motifs is 4. The molecule has 68 heavy (non-hydrogen) atoms. The molecule has 364 valence electrons. The van der Waals surface area contributed by atoms with E-state index >= 15 is 8.78 Å². The Kier molecular flexibility index (Phi) is 13.0. The van der Waals surface area contributed by atoms with Crippen molar-refractivity contribution in [3.8, 4) is 23.0 Å². The van der Waals surface area contributed by atoms with Crippen LogP contribution in [0, 0.1) is 29.4 Å². The lowest BCUT2D eigenvalue weighted by molar-refractivity contribution is -0.143. The van der Waals surface area contributed by atoms with Gasteiger partial charge in [-0.25, -0.2) is 22.2 Å². The van der Waals surface area contributed by atoms with Gasteiger partial charge in [-0.15, -0.1) is 0 Å². The minimum Gasteiger partial charge on any atom is -0.755 e. The van der Waals surface area contributed by atoms with Crippen LogP contribution in [0.25, 0.3) is 22.0 Å². The molecule has 3 aromatic heterocycles. The van der Waals surface area contributed by atoms with E-state index < -0.39 is 151 Å². The molecular weight excluding hydrogens is 990 g/mol. The average Bonchev–Trinajstić information content (AvgIpc) is 3.72. The first kappa shape index (κ1) is 50.1. The summed E-state index contributed by atoms with van der Waals surface area (Å²) in [7, 11) is -2.73. The number of hydrogen-bond acceptors (Lipinski definition) is 9. The van der Waals surface area contributed by atoms with Crippen molar-refractivity contribution in [2.45, 2.75) is 74.8 Å². The summed E-state index contributed by atoms with van der Waals surface area (Å²) in [6, 6.07) is 4.96. The largest absolute Gasteiger partial charge is 0.755 e. The second kappa shape index (κ2) is 17.6. The summed E-state index contributed by atoms with van der Waals surface area (Å²) in [4.78, 5) is 31.0. The lowest BCUT2D eigenvalue weighted by Crippen LogP contribution is -2.37. The number of sulfone groups is 1. The standard InChI is InChI=1S/C41H35ClF10N8O6S2/c1-38(2,68(4,65)66)10-9-22-5-6-23(24-7-8-27(42)32-34(24)59(18-39(45,46)47)57-37(32)60(67(63)64)17-29(61)53-3)33(54-22)28(13-19-11-20(43)14-21(44)12-19)55-30(62)16-58-36-31(35(56-58)41(50,51)52)25-15-26(25)40(36,48)49/h5-8,11-12,14,25-26,28H,13,15-18H2,1-4H3,(H,53,61)(H,55,62)(H,63,64)/p-1/t25-,26+,28?/m0/s1. The highest BCUT2D eigenvalue weighted by Gasteiger charge is 2.68. The van der Waals surface area contributed by atoms with Crippen LogP contribution in [0.5, 0.6) is 0 Å². The smallest absolute Gasteiger partial charge is 0.435 e. The Bertz CT molecular complexity index is 3070. The van der Waals surface area contributed by atoms with Crippen LogP contribution in [0.3, 0.4) is 0 Å². The molecule has 14 nitrogen and oxygen atoms in total. The van der Waals surface area contributed by atoms with Crippen LogP contribution < -0.4 is 14.9 Å². The molecule has 2 amide bonds. The van der Waals surface area contributed by atoms with Crippen LogP contribution in [0.4, 0.5) is 49.7 Å². The number of carbonyl (C=O) groups excluding carboxylic acids is 2. The molecular formula is C41H34ClF10N8O6S2-. The van der Waals surface area contributed by atoms with Crippen molar-refractivity contribution < 1.29 is 70.7 Å². The predicted molar refractivity (Wildman–Crippen MR) is 223 cm³/mol. The van der Waals surface area contributed by atoms with Gasteiger partial charge in [-0.3, -0.25) is 27.5 Å². The second-order valence-electron chi connectivity index (χ2n) is 16.4. The van der Waals surface area contributed by atoms with Crippen LogP contribution in [-0.2, 0) is 62.3 Å². The van der Waals surface area contributed by atoms with E-state index in [1.807, 2.05) is 0 Å². The summed E-state index contributed by atoms with van der Waals surface area (Å²) in [5.74, 6) is -6.65. The highest BCUT2D eigenvalue weighted by Crippen LogP contribution is 2.68. The van der Waals surface area contributed by atoms with Gasteiger partial charge in [0.1, 0.15) is 47.4 Å². The van der Waals surface area contributed by atoms with E-state index in [4.69, 9.17) is 11.6 Å². The monoisotopic (exact) mass is 1020 g/mol. The molecule has 0 spiro atoms. The Morgan fingerprint density at radius 1 is 1.01 bits per heavy atom. The number of nitrogens with one attached hydrogen (secondary N) is 2. The number of rotatable bonds is 13. The topological polar surface area (TPSA) is 184 Å². The normalized spacial score (nSPS) is 17.5. The van der Waals surface area contributed by atoms with Crippen molar-refractivity contribution in [2.75, 3.05) is 24.2 Å². The Hall–Kier alpha value is -5.78. The minimum absolute atomic E-state index is 0.201. The third-order valence-electron chi connectivity index (χ3n) is 11.3. The summed E-state index contributed by atoms with van der Waals surface area (Å²) in [6.07, 6.45) is -10.3. The molecule has 2 aliphatic rings. The first-order valence-electron chi connectivity index (χ1n) is 19.8. The molecule has 3 heterocycles. The van der Waals surface area contributed by atoms with Gasteiger partial charge in [-0.1, -0.05) is 23.6 Å². The Balaban J connectivity index is 1.47. The van der Waals surface area contributed by atoms with Crippen molar-refractivity contribution in [3.63, 3.8) is 0 Å². The SMILES string of the molecule is CNC(=O)CN(c1nn(CC(F)(F)F)c2c(-c3ccc(C#CC(C)(C)S(C)(=O)=O)nc3C(Cc3cc(F)cc(F)c3)NC(=O)Cn3nc(C(F)(F)F)c4c3C(F)(F)[C@@H]3C[C@H]43)ccc(Cl)c12)S(=O)[O-]. The number of likely N-dealkylation sites (N-methyl/N-ethyl adjacent to an activating group) is 1. The Labute approximate surface area is 386 Å². The summed E-state index contributed by atoms with van der Waals surface area (Å²) in [5, 5.41) is 11.0. The van der Waals surface area contributed by atoms with Gasteiger partial charge in [0.05, 0.1) is 27.7 Å². The van der Waals surface area contributed by atoms with E-state index in [-0.39, 0.29) is 38.5 Å². The number of anilines is 1. The first-order valence-corrected chi connectivity index (χ1v) is 23.1. The fraction of sp³-hybridized carbons (Fsp3) is 0.390. The van der Waals surface area contributed by atoms with Gasteiger partial charge in [0, 0.05) is 53.2 Å². The zero-order valence-corrected chi connectivity index (χ0v) is 37.8. The van der Waals surface area contributed by atoms with E-state index in [1.165, 1.54) is 26.0 Å². The minimum atomic E-state index is -5.21. The zero-order chi connectivity index (χ0) is 50.2. The number of aromatic nitrogens is 5. The van der Waals surface area contributed by atoms with Crippen LogP contribution >= 0.6 is 11.6 Å². The fourth-order valence-corrected chi connectivity index (χ4v) is 8.81. The molecule has 4 atom stereocenters. The van der Waals surface area contributed by atoms with E-state index in [0.29, 0.717) is 15.1 Å². The number of pyridine rings is 1. The van der Waals surface area contributed by atoms with Gasteiger partial charge in [-0.2, -0.15) is 45.3 Å². The molecule has 2 N–H and O–H groups in total. The molecule has 1 saturated carbocycles. The maximum absolute atomic E-state index is 15.5. The van der Waals surface area contributed by atoms with Crippen molar-refractivity contribution in [1.29, 1.82) is 0 Å². The zero-order valence-electron chi connectivity index (χ0n) is 35.4. The number of benzene rings is 2. The number of hydrogen-bond donors (Lipinski definition) is 2. The summed E-state index contributed by atoms with van der Waals surface area (Å²) >= 11 is 3.17. The van der Waals surface area contributed by atoms with E-state index in [1.54, 1.807) is 0 Å². The Morgan fingerprint density at radius 3 is 2.25 bits per heavy atom. The summed E-state index contributed by atoms with van der Waals surface area (Å²) in [6.45, 7) is -1.70. The van der Waals surface area contributed by atoms with Crippen LogP contribution in [-0.4, -0.2) is 84.3 Å². The first-order chi connectivity index (χ1) is 31.4. The molecule has 7 rings (SSSR count). The average molecular weight is 1020 g/mol. The third-order valence-corrected chi connectivity index (χ3v) is 14.2. The van der Waals surface area contributed by atoms with Crippen molar-refractivity contribution in [2.24, 2.45) is 5.92 Å². The Morgan fingerprint density at radius 2 is 1.66 bits per heavy atom. The molecule has 5 aromatic rings. The predicted octanol–water partition coefficient (Wildman–Crippen LogP) is 6.64. The third kappa shape index (κ3) is 9.88. The molecule has 2 unspecified atom stereocenters. The van der Waals surface area contributed by atoms with Crippen molar-refractivity contribution in [1.82, 2.24) is 35.2 Å². The number of halogens is 11. The van der Waals surface area contributed by atoms with Gasteiger partial charge in [0.15, 0.2) is 21.3 Å². The van der Waals surface area contributed by atoms with E-state index in [2.05, 4.69) is 37.7 Å². The van der Waals surface area contributed by atoms with Gasteiger partial charge in [0.2, 0.25) is 11.8 Å². The van der Waals surface area contributed by atoms with Crippen LogP contribution in [0.1, 0.15) is 66.1 Å². The van der Waals surface area contributed by atoms with Gasteiger partial charge < -0.3 is 15.2 Å². The second-order valence-corrected chi connectivity index (χ2v) is 20.3. The molecule has 0 saturated heterocycles. The van der Waals surface area contributed by atoms with Crippen LogP contribution in [0.2, 0.25) is 5.02 Å². The van der Waals surface area contributed by atoms with E-state index in [0.717, 1.165) is 37.6 Å².